The molecule has 13 heteroatoms. The molecule has 11 nitrogen and oxygen atoms in total. The van der Waals surface area contributed by atoms with Gasteiger partial charge in [0.1, 0.15) is 35.6 Å². The number of likely N-dealkylation sites (tertiary alicyclic amines) is 1. The van der Waals surface area contributed by atoms with Gasteiger partial charge in [-0.1, -0.05) is 0 Å². The molecule has 5 N–H and O–H groups in total. The van der Waals surface area contributed by atoms with Gasteiger partial charge in [-0.15, -0.1) is 23.4 Å². The van der Waals surface area contributed by atoms with Crippen LogP contribution in [0.25, 0.3) is 0 Å². The Morgan fingerprint density at radius 1 is 1.19 bits per heavy atom. The van der Waals surface area contributed by atoms with Crippen LogP contribution in [0.1, 0.15) is 50.5 Å². The molecule has 1 aromatic rings. The summed E-state index contributed by atoms with van der Waals surface area (Å²) in [4.78, 5) is 27.2. The molecule has 0 saturated carbocycles. The van der Waals surface area contributed by atoms with Crippen molar-refractivity contribution in [1.82, 2.24) is 10.2 Å². The van der Waals surface area contributed by atoms with Crippen LogP contribution in [0, 0.1) is 12.8 Å². The molecule has 37 heavy (non-hydrogen) atoms. The lowest BCUT2D eigenvalue weighted by Gasteiger charge is -2.44. The second-order valence-electron chi connectivity index (χ2n) is 9.91. The Bertz CT molecular complexity index is 926. The lowest BCUT2D eigenvalue weighted by molar-refractivity contribution is -0.205. The summed E-state index contributed by atoms with van der Waals surface area (Å²) in [6.45, 7) is 4.16. The summed E-state index contributed by atoms with van der Waals surface area (Å²) in [5, 5.41) is 42.8. The number of amides is 1. The van der Waals surface area contributed by atoms with Crippen LogP contribution in [0.5, 0.6) is 0 Å². The fourth-order valence-electron chi connectivity index (χ4n) is 5.17. The van der Waals surface area contributed by atoms with E-state index in [-0.39, 0.29) is 19.1 Å². The van der Waals surface area contributed by atoms with Crippen molar-refractivity contribution in [3.05, 3.63) is 22.1 Å². The Hall–Kier alpha value is -1.12. The zero-order valence-electron chi connectivity index (χ0n) is 21.4. The SMILES string of the molecule is CSC1OC(C(NC(=O)C2CCC(CCCO)CCN2Cc2oc(=O)oc2C)C(C)Cl)C(O)C(O)C1O. The van der Waals surface area contributed by atoms with Gasteiger partial charge in [-0.05, 0) is 64.7 Å². The number of alkyl halides is 1. The quantitative estimate of drug-likeness (QED) is 0.251. The smallest absolute Gasteiger partial charge is 0.396 e. The highest BCUT2D eigenvalue weighted by Gasteiger charge is 2.48. The third-order valence-corrected chi connectivity index (χ3v) is 8.49. The third-order valence-electron chi connectivity index (χ3n) is 7.37. The van der Waals surface area contributed by atoms with E-state index in [0.717, 1.165) is 19.3 Å². The number of nitrogens with one attached hydrogen (secondary N) is 1. The van der Waals surface area contributed by atoms with E-state index in [9.17, 15) is 30.0 Å². The number of thioether (sulfide) groups is 1. The van der Waals surface area contributed by atoms with Crippen LogP contribution in [0.4, 0.5) is 0 Å². The molecule has 0 aromatic carbocycles. The van der Waals surface area contributed by atoms with Gasteiger partial charge in [0.2, 0.25) is 5.91 Å². The van der Waals surface area contributed by atoms with Crippen LogP contribution in [0.2, 0.25) is 0 Å². The number of carbonyl (C=O) groups excluding carboxylic acids is 1. The molecule has 0 bridgehead atoms. The molecule has 2 saturated heterocycles. The van der Waals surface area contributed by atoms with Gasteiger partial charge in [-0.25, -0.2) is 4.79 Å². The fourth-order valence-corrected chi connectivity index (χ4v) is 6.05. The lowest BCUT2D eigenvalue weighted by atomic mass is 9.92. The highest BCUT2D eigenvalue weighted by atomic mass is 35.5. The molecule has 0 radical (unpaired) electrons. The lowest BCUT2D eigenvalue weighted by Crippen LogP contribution is -2.65. The number of aryl methyl sites for hydroxylation is 1. The summed E-state index contributed by atoms with van der Waals surface area (Å²) < 4.78 is 16.1. The topological polar surface area (TPSA) is 166 Å². The summed E-state index contributed by atoms with van der Waals surface area (Å²) in [7, 11) is 0. The summed E-state index contributed by atoms with van der Waals surface area (Å²) in [5.74, 6) is -0.0968. The average molecular weight is 567 g/mol. The van der Waals surface area contributed by atoms with Crippen molar-refractivity contribution < 1.29 is 38.8 Å². The standard InChI is InChI=1S/C24H39ClN2O9S/c1-12(25)17(21-19(30)18(29)20(31)23(36-21)37-3)26-22(32)15-7-6-14(5-4-10-28)8-9-27(15)11-16-13(2)34-24(33)35-16/h12,14-15,17-21,23,28-31H,4-11H2,1-3H3,(H,26,32). The first-order valence-electron chi connectivity index (χ1n) is 12.7. The van der Waals surface area contributed by atoms with Crippen molar-refractivity contribution in [2.75, 3.05) is 19.4 Å². The van der Waals surface area contributed by atoms with Gasteiger partial charge < -0.3 is 39.3 Å². The number of aliphatic hydroxyl groups excluding tert-OH is 4. The van der Waals surface area contributed by atoms with Gasteiger partial charge >= 0.3 is 5.82 Å². The van der Waals surface area contributed by atoms with Gasteiger partial charge in [0.05, 0.1) is 24.0 Å². The van der Waals surface area contributed by atoms with Crippen molar-refractivity contribution in [2.24, 2.45) is 5.92 Å². The Kier molecular flexibility index (Phi) is 11.3. The minimum atomic E-state index is -1.46. The maximum Gasteiger partial charge on any atom is 0.519 e. The molecule has 212 valence electrons. The molecule has 0 aliphatic carbocycles. The van der Waals surface area contributed by atoms with Crippen molar-refractivity contribution >= 4 is 29.3 Å². The Labute approximate surface area is 225 Å². The first-order chi connectivity index (χ1) is 17.6. The molecule has 0 spiro atoms. The van der Waals surface area contributed by atoms with Crippen molar-refractivity contribution in [3.63, 3.8) is 0 Å². The van der Waals surface area contributed by atoms with Crippen LogP contribution in [-0.4, -0.2) is 98.0 Å². The van der Waals surface area contributed by atoms with Crippen LogP contribution < -0.4 is 11.1 Å². The molecule has 9 unspecified atom stereocenters. The Balaban J connectivity index is 1.81. The van der Waals surface area contributed by atoms with Gasteiger partial charge in [0.25, 0.3) is 0 Å². The number of rotatable bonds is 10. The minimum absolute atomic E-state index is 0.111. The Morgan fingerprint density at radius 2 is 1.92 bits per heavy atom. The second kappa shape index (κ2) is 13.8. The van der Waals surface area contributed by atoms with Gasteiger partial charge in [-0.2, -0.15) is 0 Å². The maximum atomic E-state index is 13.7. The summed E-state index contributed by atoms with van der Waals surface area (Å²) in [6.07, 6.45) is 0.0942. The summed E-state index contributed by atoms with van der Waals surface area (Å²) in [5.41, 5.74) is -0.799. The van der Waals surface area contributed by atoms with Gasteiger partial charge in [-0.3, -0.25) is 9.69 Å². The van der Waals surface area contributed by atoms with E-state index in [0.29, 0.717) is 36.8 Å². The van der Waals surface area contributed by atoms with E-state index < -0.39 is 53.1 Å². The predicted octanol–water partition coefficient (Wildman–Crippen LogP) is 0.567. The van der Waals surface area contributed by atoms with Crippen LogP contribution >= 0.6 is 23.4 Å². The molecular formula is C24H39ClN2O9S. The van der Waals surface area contributed by atoms with E-state index in [1.165, 1.54) is 11.8 Å². The minimum Gasteiger partial charge on any atom is -0.396 e. The second-order valence-corrected chi connectivity index (χ2v) is 11.5. The van der Waals surface area contributed by atoms with Gasteiger partial charge in [0, 0.05) is 6.61 Å². The third kappa shape index (κ3) is 7.51. The average Bonchev–Trinajstić information content (AvgIpc) is 3.04. The van der Waals surface area contributed by atoms with E-state index in [2.05, 4.69) is 5.32 Å². The molecule has 2 fully saturated rings. The molecular weight excluding hydrogens is 528 g/mol. The number of hydrogen-bond donors (Lipinski definition) is 5. The van der Waals surface area contributed by atoms with E-state index in [4.69, 9.17) is 25.2 Å². The number of hydrogen-bond acceptors (Lipinski definition) is 11. The number of ether oxygens (including phenoxy) is 1. The van der Waals surface area contributed by atoms with Crippen molar-refractivity contribution in [3.8, 4) is 0 Å². The first-order valence-corrected chi connectivity index (χ1v) is 14.4. The molecule has 1 amide bonds. The number of aliphatic hydroxyl groups is 4. The van der Waals surface area contributed by atoms with E-state index >= 15 is 0 Å². The maximum absolute atomic E-state index is 13.7. The monoisotopic (exact) mass is 566 g/mol. The predicted molar refractivity (Wildman–Crippen MR) is 137 cm³/mol. The van der Waals surface area contributed by atoms with Crippen LogP contribution in [-0.2, 0) is 16.1 Å². The molecule has 2 aliphatic heterocycles. The zero-order valence-corrected chi connectivity index (χ0v) is 23.0. The summed E-state index contributed by atoms with van der Waals surface area (Å²) >= 11 is 7.63. The summed E-state index contributed by atoms with van der Waals surface area (Å²) in [6, 6.07) is -1.45. The first kappa shape index (κ1) is 30.4. The van der Waals surface area contributed by atoms with Gasteiger partial charge in [0.15, 0.2) is 5.76 Å². The van der Waals surface area contributed by atoms with Crippen molar-refractivity contribution in [1.29, 1.82) is 0 Å². The van der Waals surface area contributed by atoms with E-state index in [1.54, 1.807) is 20.1 Å². The normalized spacial score (nSPS) is 33.0. The van der Waals surface area contributed by atoms with E-state index in [1.807, 2.05) is 4.90 Å². The number of carbonyl (C=O) groups is 1. The number of nitrogens with zero attached hydrogens (tertiary/aromatic N) is 1. The van der Waals surface area contributed by atoms with Crippen LogP contribution in [0.3, 0.4) is 0 Å². The number of halogens is 1. The highest BCUT2D eigenvalue weighted by molar-refractivity contribution is 7.99. The highest BCUT2D eigenvalue weighted by Crippen LogP contribution is 2.31. The molecule has 3 heterocycles. The molecule has 3 rings (SSSR count). The van der Waals surface area contributed by atoms with Crippen LogP contribution in [0.15, 0.2) is 13.6 Å². The fraction of sp³-hybridized carbons (Fsp3) is 0.833. The Morgan fingerprint density at radius 3 is 2.51 bits per heavy atom. The largest absolute Gasteiger partial charge is 0.519 e. The van der Waals surface area contributed by atoms with Crippen molar-refractivity contribution in [2.45, 2.75) is 99.8 Å². The zero-order chi connectivity index (χ0) is 27.3. The molecule has 1 aromatic heterocycles. The molecule has 9 atom stereocenters. The molecule has 2 aliphatic rings.